The molecule has 3 unspecified atom stereocenters. The Kier molecular flexibility index (Phi) is 3.70. The van der Waals surface area contributed by atoms with Gasteiger partial charge in [0.1, 0.15) is 0 Å². The monoisotopic (exact) mass is 269 g/mol. The normalized spacial score (nSPS) is 29.2. The largest absolute Gasteiger partial charge is 0.388 e. The van der Waals surface area contributed by atoms with Crippen LogP contribution in [0.15, 0.2) is 30.4 Å². The van der Waals surface area contributed by atoms with Crippen molar-refractivity contribution < 1.29 is 0 Å². The second-order valence-corrected chi connectivity index (χ2v) is 5.19. The molecule has 0 fully saturated rings. The molecule has 92 valence electrons. The minimum Gasteiger partial charge on any atom is -0.388 e. The SMILES string of the molecule is CNc1cccc2c1C1CC=CC(C1)C2Cl.Cl. The Hall–Kier alpha value is -0.660. The zero-order valence-corrected chi connectivity index (χ0v) is 11.4. The fraction of sp³-hybridized carbons (Fsp3) is 0.429. The molecule has 3 atom stereocenters. The Labute approximate surface area is 114 Å². The maximum Gasteiger partial charge on any atom is 0.0651 e. The van der Waals surface area contributed by atoms with Gasteiger partial charge in [-0.25, -0.2) is 0 Å². The van der Waals surface area contributed by atoms with Gasteiger partial charge in [0, 0.05) is 12.7 Å². The van der Waals surface area contributed by atoms with Crippen LogP contribution in [-0.2, 0) is 0 Å². The lowest BCUT2D eigenvalue weighted by molar-refractivity contribution is 0.440. The predicted octanol–water partition coefficient (Wildman–Crippen LogP) is 4.49. The van der Waals surface area contributed by atoms with Crippen LogP contribution < -0.4 is 5.32 Å². The Morgan fingerprint density at radius 3 is 2.94 bits per heavy atom. The first kappa shape index (κ1) is 12.8. The van der Waals surface area contributed by atoms with E-state index in [1.165, 1.54) is 23.2 Å². The third kappa shape index (κ3) is 1.96. The van der Waals surface area contributed by atoms with Crippen molar-refractivity contribution in [2.24, 2.45) is 5.92 Å². The second kappa shape index (κ2) is 4.91. The summed E-state index contributed by atoms with van der Waals surface area (Å²) in [5.41, 5.74) is 4.03. The summed E-state index contributed by atoms with van der Waals surface area (Å²) in [6.07, 6.45) is 6.95. The number of nitrogens with one attached hydrogen (secondary N) is 1. The van der Waals surface area contributed by atoms with Crippen molar-refractivity contribution in [3.05, 3.63) is 41.5 Å². The molecule has 0 saturated heterocycles. The van der Waals surface area contributed by atoms with Crippen LogP contribution >= 0.6 is 24.0 Å². The molecule has 17 heavy (non-hydrogen) atoms. The molecule has 0 heterocycles. The van der Waals surface area contributed by atoms with Crippen LogP contribution in [-0.4, -0.2) is 7.05 Å². The Bertz CT molecular complexity index is 442. The zero-order chi connectivity index (χ0) is 11.1. The fourth-order valence-electron chi connectivity index (χ4n) is 3.10. The molecule has 0 amide bonds. The number of halogens is 2. The average Bonchev–Trinajstić information content (AvgIpc) is 2.36. The summed E-state index contributed by atoms with van der Waals surface area (Å²) in [7, 11) is 1.99. The first-order valence-corrected chi connectivity index (χ1v) is 6.36. The molecule has 2 aliphatic carbocycles. The predicted molar refractivity (Wildman–Crippen MR) is 76.4 cm³/mol. The Morgan fingerprint density at radius 1 is 1.35 bits per heavy atom. The van der Waals surface area contributed by atoms with Crippen LogP contribution in [0.1, 0.15) is 35.3 Å². The van der Waals surface area contributed by atoms with E-state index in [1.54, 1.807) is 0 Å². The quantitative estimate of drug-likeness (QED) is 0.585. The lowest BCUT2D eigenvalue weighted by Gasteiger charge is -2.37. The van der Waals surface area contributed by atoms with E-state index in [-0.39, 0.29) is 17.8 Å². The van der Waals surface area contributed by atoms with E-state index in [0.717, 1.165) is 6.42 Å². The van der Waals surface area contributed by atoms with Gasteiger partial charge in [0.05, 0.1) is 5.38 Å². The summed E-state index contributed by atoms with van der Waals surface area (Å²) in [5.74, 6) is 1.18. The summed E-state index contributed by atoms with van der Waals surface area (Å²) in [4.78, 5) is 0. The topological polar surface area (TPSA) is 12.0 Å². The number of fused-ring (bicyclic) bond motifs is 4. The minimum absolute atomic E-state index is 0. The molecule has 1 aromatic rings. The molecule has 0 spiro atoms. The van der Waals surface area contributed by atoms with E-state index >= 15 is 0 Å². The van der Waals surface area contributed by atoms with Gasteiger partial charge < -0.3 is 5.32 Å². The third-order valence-electron chi connectivity index (χ3n) is 3.85. The highest BCUT2D eigenvalue weighted by Gasteiger charge is 2.35. The number of rotatable bonds is 1. The lowest BCUT2D eigenvalue weighted by Crippen LogP contribution is -2.23. The molecule has 1 nitrogen and oxygen atoms in total. The summed E-state index contributed by atoms with van der Waals surface area (Å²) in [6, 6.07) is 6.44. The molecule has 0 aromatic heterocycles. The molecular weight excluding hydrogens is 253 g/mol. The smallest absolute Gasteiger partial charge is 0.0651 e. The van der Waals surface area contributed by atoms with Crippen LogP contribution in [0, 0.1) is 5.92 Å². The van der Waals surface area contributed by atoms with Crippen molar-refractivity contribution >= 4 is 29.7 Å². The van der Waals surface area contributed by atoms with Gasteiger partial charge in [0.25, 0.3) is 0 Å². The Balaban J connectivity index is 0.00000108. The summed E-state index contributed by atoms with van der Waals surface area (Å²) in [5, 5.41) is 3.45. The molecule has 2 bridgehead atoms. The van der Waals surface area contributed by atoms with Gasteiger partial charge in [-0.05, 0) is 41.9 Å². The number of allylic oxidation sites excluding steroid dienone is 2. The average molecular weight is 270 g/mol. The van der Waals surface area contributed by atoms with Crippen LogP contribution in [0.25, 0.3) is 0 Å². The van der Waals surface area contributed by atoms with Crippen molar-refractivity contribution in [1.82, 2.24) is 0 Å². The van der Waals surface area contributed by atoms with Crippen molar-refractivity contribution in [3.63, 3.8) is 0 Å². The van der Waals surface area contributed by atoms with Crippen LogP contribution in [0.4, 0.5) is 5.69 Å². The van der Waals surface area contributed by atoms with Gasteiger partial charge in [0.2, 0.25) is 0 Å². The van der Waals surface area contributed by atoms with E-state index < -0.39 is 0 Å². The molecule has 1 N–H and O–H groups in total. The lowest BCUT2D eigenvalue weighted by atomic mass is 9.71. The van der Waals surface area contributed by atoms with Crippen LogP contribution in [0.3, 0.4) is 0 Å². The Morgan fingerprint density at radius 2 is 2.18 bits per heavy atom. The highest BCUT2D eigenvalue weighted by Crippen LogP contribution is 2.51. The van der Waals surface area contributed by atoms with E-state index in [0.29, 0.717) is 11.8 Å². The van der Waals surface area contributed by atoms with E-state index in [2.05, 4.69) is 35.7 Å². The maximum atomic E-state index is 6.56. The molecule has 1 aromatic carbocycles. The number of benzene rings is 1. The standard InChI is InChI=1S/C14H16ClN.ClH/c1-16-12-7-3-6-11-13(12)9-4-2-5-10(8-9)14(11)15;/h2-3,5-7,9-10,14,16H,4,8H2,1H3;1H. The van der Waals surface area contributed by atoms with Gasteiger partial charge in [0.15, 0.2) is 0 Å². The highest BCUT2D eigenvalue weighted by atomic mass is 35.5. The molecule has 0 radical (unpaired) electrons. The van der Waals surface area contributed by atoms with Gasteiger partial charge in [-0.1, -0.05) is 24.3 Å². The number of hydrogen-bond donors (Lipinski definition) is 1. The van der Waals surface area contributed by atoms with Gasteiger partial charge in [-0.15, -0.1) is 24.0 Å². The van der Waals surface area contributed by atoms with Crippen LogP contribution in [0.5, 0.6) is 0 Å². The number of anilines is 1. The summed E-state index contributed by atoms with van der Waals surface area (Å²) >= 11 is 6.56. The first-order chi connectivity index (χ1) is 7.81. The van der Waals surface area contributed by atoms with Crippen LogP contribution in [0.2, 0.25) is 0 Å². The van der Waals surface area contributed by atoms with Gasteiger partial charge >= 0.3 is 0 Å². The summed E-state index contributed by atoms with van der Waals surface area (Å²) in [6.45, 7) is 0. The van der Waals surface area contributed by atoms with Gasteiger partial charge in [-0.2, -0.15) is 0 Å². The fourth-order valence-corrected chi connectivity index (χ4v) is 3.48. The first-order valence-electron chi connectivity index (χ1n) is 5.92. The van der Waals surface area contributed by atoms with E-state index in [9.17, 15) is 0 Å². The number of hydrogen-bond acceptors (Lipinski definition) is 1. The summed E-state index contributed by atoms with van der Waals surface area (Å²) < 4.78 is 0. The van der Waals surface area contributed by atoms with E-state index in [1.807, 2.05) is 7.05 Å². The van der Waals surface area contributed by atoms with Crippen molar-refractivity contribution in [3.8, 4) is 0 Å². The molecule has 3 rings (SSSR count). The number of alkyl halides is 1. The molecule has 3 heteroatoms. The molecular formula is C14H17Cl2N. The van der Waals surface area contributed by atoms with Crippen molar-refractivity contribution in [2.45, 2.75) is 24.1 Å². The van der Waals surface area contributed by atoms with Gasteiger partial charge in [-0.3, -0.25) is 0 Å². The third-order valence-corrected chi connectivity index (χ3v) is 4.41. The van der Waals surface area contributed by atoms with Crippen molar-refractivity contribution in [1.29, 1.82) is 0 Å². The van der Waals surface area contributed by atoms with E-state index in [4.69, 9.17) is 11.6 Å². The molecule has 0 aliphatic heterocycles. The maximum absolute atomic E-state index is 6.56. The second-order valence-electron chi connectivity index (χ2n) is 4.72. The zero-order valence-electron chi connectivity index (χ0n) is 9.82. The van der Waals surface area contributed by atoms with Crippen molar-refractivity contribution in [2.75, 3.05) is 12.4 Å². The minimum atomic E-state index is 0. The molecule has 2 aliphatic rings. The molecule has 0 saturated carbocycles. The highest BCUT2D eigenvalue weighted by molar-refractivity contribution is 6.21.